The lowest BCUT2D eigenvalue weighted by atomic mass is 9.96. The molecule has 6 rings (SSSR count). The second-order valence-electron chi connectivity index (χ2n) is 13.2. The normalized spacial score (nSPS) is 17.3. The van der Waals surface area contributed by atoms with E-state index in [0.717, 1.165) is 33.2 Å². The Labute approximate surface area is 287 Å². The average molecular weight is 660 g/mol. The largest absolute Gasteiger partial charge is 0.397 e. The highest BCUT2D eigenvalue weighted by molar-refractivity contribution is 6.11. The van der Waals surface area contributed by atoms with Crippen molar-refractivity contribution in [3.63, 3.8) is 0 Å². The molecular weight excluding hydrogens is 614 g/mol. The van der Waals surface area contributed by atoms with E-state index in [-0.39, 0.29) is 30.4 Å². The molecule has 5 aromatic rings. The monoisotopic (exact) mass is 659 g/mol. The van der Waals surface area contributed by atoms with Crippen molar-refractivity contribution in [1.29, 1.82) is 0 Å². The molecule has 2 heterocycles. The molecule has 0 saturated heterocycles. The first kappa shape index (κ1) is 33.9. The van der Waals surface area contributed by atoms with Crippen molar-refractivity contribution in [3.05, 3.63) is 119 Å². The summed E-state index contributed by atoms with van der Waals surface area (Å²) in [6.45, 7) is 5.81. The number of aryl methyl sites for hydroxylation is 1. The number of aliphatic hydroxyl groups excluding tert-OH is 1. The first-order valence-corrected chi connectivity index (χ1v) is 16.8. The average Bonchev–Trinajstić information content (AvgIpc) is 3.40. The van der Waals surface area contributed by atoms with Gasteiger partial charge in [-0.15, -0.1) is 0 Å². The number of nitrogens with two attached hydrogens (primary N) is 1. The Morgan fingerprint density at radius 2 is 1.78 bits per heavy atom. The van der Waals surface area contributed by atoms with E-state index in [9.17, 15) is 14.7 Å². The molecule has 3 atom stereocenters. The van der Waals surface area contributed by atoms with E-state index in [1.807, 2.05) is 86.2 Å². The number of aliphatic hydroxyl groups is 1. The molecule has 0 spiro atoms. The topological polar surface area (TPSA) is 113 Å². The van der Waals surface area contributed by atoms with Gasteiger partial charge >= 0.3 is 0 Å². The maximum Gasteiger partial charge on any atom is 0.271 e. The summed E-state index contributed by atoms with van der Waals surface area (Å²) in [6, 6.07) is 30.6. The third-order valence-electron chi connectivity index (χ3n) is 9.57. The molecule has 254 valence electrons. The Hall–Kier alpha value is -4.96. The van der Waals surface area contributed by atoms with Crippen LogP contribution in [0.15, 0.2) is 97.1 Å². The molecule has 0 bridgehead atoms. The number of benzene rings is 4. The van der Waals surface area contributed by atoms with Crippen LogP contribution in [0.25, 0.3) is 22.0 Å². The first-order chi connectivity index (χ1) is 23.7. The predicted molar refractivity (Wildman–Crippen MR) is 195 cm³/mol. The van der Waals surface area contributed by atoms with Crippen LogP contribution in [0.1, 0.15) is 45.8 Å². The van der Waals surface area contributed by atoms with Gasteiger partial charge in [0.15, 0.2) is 0 Å². The summed E-state index contributed by atoms with van der Waals surface area (Å²) in [5.74, 6) is -0.395. The van der Waals surface area contributed by atoms with E-state index in [1.165, 1.54) is 0 Å². The summed E-state index contributed by atoms with van der Waals surface area (Å²) in [7, 11) is 3.98. The Balaban J connectivity index is 1.28. The van der Waals surface area contributed by atoms with Crippen LogP contribution in [0.5, 0.6) is 0 Å². The minimum absolute atomic E-state index is 0.0581. The van der Waals surface area contributed by atoms with Gasteiger partial charge in [-0.2, -0.15) is 0 Å². The smallest absolute Gasteiger partial charge is 0.271 e. The van der Waals surface area contributed by atoms with E-state index < -0.39 is 6.04 Å². The maximum atomic E-state index is 14.6. The third kappa shape index (κ3) is 7.10. The number of likely N-dealkylation sites (N-methyl/N-ethyl adjacent to an activating group) is 1. The fraction of sp³-hybridized carbons (Fsp3) is 0.300. The third-order valence-corrected chi connectivity index (χ3v) is 9.57. The van der Waals surface area contributed by atoms with Gasteiger partial charge in [0.1, 0.15) is 5.69 Å². The molecule has 1 aromatic heterocycles. The number of fused-ring (bicyclic) bond motifs is 5. The van der Waals surface area contributed by atoms with Gasteiger partial charge < -0.3 is 30.4 Å². The van der Waals surface area contributed by atoms with E-state index in [1.54, 1.807) is 23.1 Å². The predicted octanol–water partition coefficient (Wildman–Crippen LogP) is 6.17. The lowest BCUT2D eigenvalue weighted by Crippen LogP contribution is -2.47. The summed E-state index contributed by atoms with van der Waals surface area (Å²) >= 11 is 0. The second-order valence-corrected chi connectivity index (χ2v) is 13.2. The number of aromatic nitrogens is 1. The van der Waals surface area contributed by atoms with Crippen molar-refractivity contribution < 1.29 is 19.4 Å². The molecule has 4 aromatic carbocycles. The highest BCUT2D eigenvalue weighted by Gasteiger charge is 2.33. The number of nitrogens with zero attached hydrogens (tertiary/aromatic N) is 3. The molecule has 0 saturated carbocycles. The van der Waals surface area contributed by atoms with Crippen LogP contribution in [0.3, 0.4) is 0 Å². The van der Waals surface area contributed by atoms with Gasteiger partial charge in [-0.3, -0.25) is 14.5 Å². The van der Waals surface area contributed by atoms with Crippen LogP contribution in [-0.2, 0) is 24.9 Å². The number of anilines is 2. The molecular formula is C40H45N5O4. The van der Waals surface area contributed by atoms with E-state index in [0.29, 0.717) is 48.9 Å². The Morgan fingerprint density at radius 1 is 1.04 bits per heavy atom. The van der Waals surface area contributed by atoms with Crippen molar-refractivity contribution in [2.24, 2.45) is 13.0 Å². The molecule has 9 nitrogen and oxygen atoms in total. The molecule has 9 heteroatoms. The minimum atomic E-state index is -0.393. The van der Waals surface area contributed by atoms with E-state index in [2.05, 4.69) is 35.3 Å². The van der Waals surface area contributed by atoms with Crippen molar-refractivity contribution in [1.82, 2.24) is 14.4 Å². The van der Waals surface area contributed by atoms with Crippen LogP contribution in [-0.4, -0.2) is 70.2 Å². The quantitative estimate of drug-likeness (QED) is 0.172. The Bertz CT molecular complexity index is 1970. The molecule has 0 unspecified atom stereocenters. The maximum absolute atomic E-state index is 14.6. The molecule has 0 radical (unpaired) electrons. The molecule has 1 aliphatic heterocycles. The van der Waals surface area contributed by atoms with Crippen LogP contribution < -0.4 is 11.1 Å². The minimum Gasteiger partial charge on any atom is -0.397 e. The molecule has 1 aliphatic rings. The van der Waals surface area contributed by atoms with Crippen molar-refractivity contribution >= 4 is 34.1 Å². The number of amides is 2. The fourth-order valence-corrected chi connectivity index (χ4v) is 6.83. The van der Waals surface area contributed by atoms with Gasteiger partial charge in [0.25, 0.3) is 11.8 Å². The van der Waals surface area contributed by atoms with E-state index >= 15 is 0 Å². The molecule has 0 fully saturated rings. The number of para-hydroxylation sites is 3. The van der Waals surface area contributed by atoms with Gasteiger partial charge in [0, 0.05) is 54.6 Å². The number of rotatable bonds is 8. The zero-order valence-electron chi connectivity index (χ0n) is 28.6. The summed E-state index contributed by atoms with van der Waals surface area (Å²) in [4.78, 5) is 31.7. The summed E-state index contributed by atoms with van der Waals surface area (Å²) in [5, 5.41) is 14.2. The van der Waals surface area contributed by atoms with Gasteiger partial charge in [0.05, 0.1) is 36.7 Å². The van der Waals surface area contributed by atoms with Crippen molar-refractivity contribution in [3.8, 4) is 11.1 Å². The lowest BCUT2D eigenvalue weighted by Gasteiger charge is -2.35. The number of ether oxygens (including phenoxy) is 1. The molecule has 49 heavy (non-hydrogen) atoms. The Morgan fingerprint density at radius 3 is 2.57 bits per heavy atom. The van der Waals surface area contributed by atoms with Crippen molar-refractivity contribution in [2.45, 2.75) is 39.1 Å². The fourth-order valence-electron chi connectivity index (χ4n) is 6.83. The second kappa shape index (κ2) is 14.7. The van der Waals surface area contributed by atoms with Gasteiger partial charge in [-0.25, -0.2) is 0 Å². The van der Waals surface area contributed by atoms with E-state index in [4.69, 9.17) is 10.5 Å². The summed E-state index contributed by atoms with van der Waals surface area (Å²) < 4.78 is 8.75. The van der Waals surface area contributed by atoms with Crippen LogP contribution in [0.4, 0.5) is 11.4 Å². The number of hydrogen-bond acceptors (Lipinski definition) is 6. The number of carbonyl (C=O) groups excluding carboxylic acids is 2. The summed E-state index contributed by atoms with van der Waals surface area (Å²) in [5.41, 5.74) is 13.1. The molecule has 4 N–H and O–H groups in total. The van der Waals surface area contributed by atoms with Gasteiger partial charge in [-0.1, -0.05) is 73.7 Å². The van der Waals surface area contributed by atoms with Crippen molar-refractivity contribution in [2.75, 3.05) is 37.8 Å². The van der Waals surface area contributed by atoms with Gasteiger partial charge in [-0.05, 0) is 61.0 Å². The highest BCUT2D eigenvalue weighted by atomic mass is 16.5. The number of nitrogen functional groups attached to an aromatic ring is 1. The number of carbonyl (C=O) groups is 2. The SMILES string of the molecule is C[C@@H]1CN([C@@H](C)CO)C(=O)c2c(c3ccccc3n2C)-c2ccccc2CO[C@H]1CN(C)Cc1cccc(C(=O)Nc2ccccc2N)c1. The van der Waals surface area contributed by atoms with Gasteiger partial charge in [0.2, 0.25) is 0 Å². The molecule has 0 aliphatic carbocycles. The zero-order valence-corrected chi connectivity index (χ0v) is 28.6. The Kier molecular flexibility index (Phi) is 10.1. The standard InChI is InChI=1S/C40H45N5O4/c1-26-21-45(27(2)24-46)40(48)38-37(32-16-7-10-19-35(32)44(38)4)31-15-6-5-13-30(31)25-49-36(26)23-43(3)22-28-12-11-14-29(20-28)39(47)42-34-18-9-8-17-33(34)41/h5-20,26-27,36,46H,21-25,41H2,1-4H3,(H,42,47)/t26-,27+,36+/m1/s1. The van der Waals surface area contributed by atoms with Crippen LogP contribution in [0, 0.1) is 5.92 Å². The first-order valence-electron chi connectivity index (χ1n) is 16.8. The van der Waals surface area contributed by atoms with Crippen LogP contribution >= 0.6 is 0 Å². The van der Waals surface area contributed by atoms with Crippen LogP contribution in [0.2, 0.25) is 0 Å². The number of hydrogen-bond donors (Lipinski definition) is 3. The molecule has 2 amide bonds. The lowest BCUT2D eigenvalue weighted by molar-refractivity contribution is -0.0242. The number of nitrogens with one attached hydrogen (secondary N) is 1. The summed E-state index contributed by atoms with van der Waals surface area (Å²) in [6.07, 6.45) is -0.232. The highest BCUT2D eigenvalue weighted by Crippen LogP contribution is 2.38. The zero-order chi connectivity index (χ0) is 34.7.